The Kier molecular flexibility index (Phi) is 6.20. The average Bonchev–Trinajstić information content (AvgIpc) is 2.98. The summed E-state index contributed by atoms with van der Waals surface area (Å²) in [5.74, 6) is -3.77. The van der Waals surface area contributed by atoms with Crippen molar-refractivity contribution in [3.05, 3.63) is 59.3 Å². The first-order valence-electron chi connectivity index (χ1n) is 9.89. The Morgan fingerprint density at radius 1 is 1.16 bits per heavy atom. The highest BCUT2D eigenvalue weighted by atomic mass is 19.4. The highest BCUT2D eigenvalue weighted by Gasteiger charge is 2.31. The number of aromatic hydroxyl groups is 1. The van der Waals surface area contributed by atoms with E-state index in [2.05, 4.69) is 4.74 Å². The molecule has 0 radical (unpaired) electrons. The number of carboxylic acids is 1. The number of rotatable bonds is 6. The first kappa shape index (κ1) is 23.2. The van der Waals surface area contributed by atoms with E-state index in [4.69, 9.17) is 0 Å². The summed E-state index contributed by atoms with van der Waals surface area (Å²) in [6.07, 6.45) is -4.32. The van der Waals surface area contributed by atoms with Crippen LogP contribution in [0.5, 0.6) is 11.5 Å². The summed E-state index contributed by atoms with van der Waals surface area (Å²) in [5, 5.41) is 22.4. The zero-order valence-corrected chi connectivity index (χ0v) is 17.6. The molecule has 0 saturated heterocycles. The van der Waals surface area contributed by atoms with E-state index in [-0.39, 0.29) is 17.2 Å². The Balaban J connectivity index is 2.16. The molecule has 0 saturated carbocycles. The Hall–Kier alpha value is -3.49. The molecule has 0 bridgehead atoms. The fourth-order valence-corrected chi connectivity index (χ4v) is 3.88. The Morgan fingerprint density at radius 2 is 1.78 bits per heavy atom. The zero-order chi connectivity index (χ0) is 23.8. The van der Waals surface area contributed by atoms with Crippen LogP contribution >= 0.6 is 0 Å². The minimum absolute atomic E-state index is 0.0766. The molecule has 0 fully saturated rings. The number of benzene rings is 2. The van der Waals surface area contributed by atoms with E-state index in [1.807, 2.05) is 6.92 Å². The number of phenols is 1. The van der Waals surface area contributed by atoms with E-state index in [0.29, 0.717) is 28.6 Å². The van der Waals surface area contributed by atoms with Gasteiger partial charge in [0.15, 0.2) is 0 Å². The van der Waals surface area contributed by atoms with E-state index < -0.39 is 29.9 Å². The van der Waals surface area contributed by atoms with Gasteiger partial charge in [0.25, 0.3) is 5.91 Å². The van der Waals surface area contributed by atoms with Gasteiger partial charge in [-0.05, 0) is 60.9 Å². The number of aliphatic carboxylic acids is 1. The van der Waals surface area contributed by atoms with E-state index in [1.54, 1.807) is 13.8 Å². The van der Waals surface area contributed by atoms with Gasteiger partial charge in [-0.25, -0.2) is 0 Å². The van der Waals surface area contributed by atoms with Crippen molar-refractivity contribution in [2.75, 3.05) is 0 Å². The van der Waals surface area contributed by atoms with Crippen LogP contribution in [0.3, 0.4) is 0 Å². The van der Waals surface area contributed by atoms with E-state index in [9.17, 15) is 33.0 Å². The Bertz CT molecular complexity index is 1170. The molecule has 3 rings (SSSR count). The molecule has 0 spiro atoms. The van der Waals surface area contributed by atoms with Gasteiger partial charge in [-0.15, -0.1) is 13.2 Å². The van der Waals surface area contributed by atoms with Crippen molar-refractivity contribution in [3.63, 3.8) is 0 Å². The van der Waals surface area contributed by atoms with Crippen LogP contribution in [-0.2, 0) is 4.79 Å². The van der Waals surface area contributed by atoms with Crippen molar-refractivity contribution in [2.24, 2.45) is 5.92 Å². The number of hydrogen-bond donors (Lipinski definition) is 1. The lowest BCUT2D eigenvalue weighted by atomic mass is 9.84. The molecule has 1 heterocycles. The summed E-state index contributed by atoms with van der Waals surface area (Å²) in [4.78, 5) is 25.3. The molecule has 0 aliphatic rings. The maximum absolute atomic E-state index is 13.3. The topological polar surface area (TPSA) is 91.6 Å². The third kappa shape index (κ3) is 4.42. The first-order chi connectivity index (χ1) is 14.9. The lowest BCUT2D eigenvalue weighted by Gasteiger charge is -2.25. The van der Waals surface area contributed by atoms with Crippen LogP contribution < -0.4 is 9.84 Å². The number of carbonyl (C=O) groups excluding carboxylic acids is 2. The number of nitrogens with zero attached hydrogens (tertiary/aromatic N) is 1. The number of phenolic OH excluding ortho intramolecular Hbond substituents is 1. The standard InChI is InChI=1S/C23H22F3NO5/c1-4-12(2)19(22(30)31)20-13(3)27(18-10-7-15(28)11-17(18)20)21(29)14-5-8-16(9-6-14)32-23(24,25)26/h5-12,19,28H,4H2,1-3H3,(H,30,31)/p-1/t12?,19-/m0/s1. The monoisotopic (exact) mass is 448 g/mol. The normalized spacial score (nSPS) is 13.7. The molecule has 2 atom stereocenters. The van der Waals surface area contributed by atoms with Crippen LogP contribution in [0.25, 0.3) is 10.9 Å². The number of carboxylic acid groups (broad SMARTS) is 1. The highest BCUT2D eigenvalue weighted by Crippen LogP contribution is 2.38. The molecular weight excluding hydrogens is 427 g/mol. The van der Waals surface area contributed by atoms with Crippen LogP contribution in [0.2, 0.25) is 0 Å². The van der Waals surface area contributed by atoms with Gasteiger partial charge in [0.05, 0.1) is 5.52 Å². The lowest BCUT2D eigenvalue weighted by Crippen LogP contribution is -2.33. The maximum atomic E-state index is 13.3. The third-order valence-corrected chi connectivity index (χ3v) is 5.55. The van der Waals surface area contributed by atoms with Gasteiger partial charge >= 0.3 is 6.36 Å². The van der Waals surface area contributed by atoms with Crippen LogP contribution in [0, 0.1) is 12.8 Å². The lowest BCUT2D eigenvalue weighted by molar-refractivity contribution is -0.309. The van der Waals surface area contributed by atoms with E-state index in [1.165, 1.54) is 34.9 Å². The number of ether oxygens (including phenoxy) is 1. The minimum Gasteiger partial charge on any atom is -0.549 e. The molecule has 3 aromatic rings. The molecule has 170 valence electrons. The molecule has 0 aliphatic heterocycles. The predicted octanol–water partition coefficient (Wildman–Crippen LogP) is 4.12. The number of alkyl halides is 3. The Morgan fingerprint density at radius 3 is 2.31 bits per heavy atom. The zero-order valence-electron chi connectivity index (χ0n) is 17.6. The molecule has 1 unspecified atom stereocenters. The van der Waals surface area contributed by atoms with Crippen LogP contribution in [0.4, 0.5) is 13.2 Å². The van der Waals surface area contributed by atoms with Gasteiger partial charge in [-0.1, -0.05) is 20.3 Å². The molecule has 0 amide bonds. The molecule has 9 heteroatoms. The van der Waals surface area contributed by atoms with Crippen LogP contribution in [0.15, 0.2) is 42.5 Å². The second-order valence-electron chi connectivity index (χ2n) is 7.60. The van der Waals surface area contributed by atoms with E-state index in [0.717, 1.165) is 12.1 Å². The molecule has 6 nitrogen and oxygen atoms in total. The molecule has 2 aromatic carbocycles. The van der Waals surface area contributed by atoms with Crippen molar-refractivity contribution < 1.29 is 37.7 Å². The summed E-state index contributed by atoms with van der Waals surface area (Å²) in [7, 11) is 0. The number of aromatic nitrogens is 1. The van der Waals surface area contributed by atoms with Gasteiger partial charge in [-0.2, -0.15) is 0 Å². The molecule has 0 aliphatic carbocycles. The molecule has 1 aromatic heterocycles. The van der Waals surface area contributed by atoms with Crippen LogP contribution in [-0.4, -0.2) is 27.9 Å². The first-order valence-corrected chi connectivity index (χ1v) is 9.89. The second kappa shape index (κ2) is 8.57. The maximum Gasteiger partial charge on any atom is 0.573 e. The van der Waals surface area contributed by atoms with Crippen molar-refractivity contribution >= 4 is 22.8 Å². The summed E-state index contributed by atoms with van der Waals surface area (Å²) in [6.45, 7) is 5.18. The largest absolute Gasteiger partial charge is 0.573 e. The van der Waals surface area contributed by atoms with Crippen molar-refractivity contribution in [3.8, 4) is 11.5 Å². The minimum atomic E-state index is -4.86. The number of hydrogen-bond acceptors (Lipinski definition) is 5. The fourth-order valence-electron chi connectivity index (χ4n) is 3.88. The summed E-state index contributed by atoms with van der Waals surface area (Å²) >= 11 is 0. The fraction of sp³-hybridized carbons (Fsp3) is 0.304. The molecular formula is C23H21F3NO5-. The second-order valence-corrected chi connectivity index (χ2v) is 7.60. The van der Waals surface area contributed by atoms with Crippen LogP contribution in [0.1, 0.15) is 47.8 Å². The predicted molar refractivity (Wildman–Crippen MR) is 108 cm³/mol. The average molecular weight is 448 g/mol. The van der Waals surface area contributed by atoms with Gasteiger partial charge in [0.1, 0.15) is 11.5 Å². The van der Waals surface area contributed by atoms with Crippen molar-refractivity contribution in [2.45, 2.75) is 39.5 Å². The van der Waals surface area contributed by atoms with Gasteiger partial charge in [0.2, 0.25) is 0 Å². The number of fused-ring (bicyclic) bond motifs is 1. The smallest absolute Gasteiger partial charge is 0.549 e. The Labute approximate surface area is 181 Å². The quantitative estimate of drug-likeness (QED) is 0.613. The van der Waals surface area contributed by atoms with E-state index >= 15 is 0 Å². The van der Waals surface area contributed by atoms with Gasteiger partial charge in [0, 0.05) is 28.5 Å². The third-order valence-electron chi connectivity index (χ3n) is 5.55. The number of carbonyl (C=O) groups is 2. The van der Waals surface area contributed by atoms with Gasteiger partial charge in [-0.3, -0.25) is 9.36 Å². The number of halogens is 3. The summed E-state index contributed by atoms with van der Waals surface area (Å²) in [5.41, 5.74) is 1.15. The molecule has 1 N–H and O–H groups in total. The summed E-state index contributed by atoms with van der Waals surface area (Å²) < 4.78 is 42.3. The highest BCUT2D eigenvalue weighted by molar-refractivity contribution is 6.05. The summed E-state index contributed by atoms with van der Waals surface area (Å²) in [6, 6.07) is 8.69. The van der Waals surface area contributed by atoms with Gasteiger partial charge < -0.3 is 19.7 Å². The molecule has 32 heavy (non-hydrogen) atoms. The van der Waals surface area contributed by atoms with Crippen molar-refractivity contribution in [1.29, 1.82) is 0 Å². The van der Waals surface area contributed by atoms with Crippen molar-refractivity contribution in [1.82, 2.24) is 4.57 Å². The SMILES string of the molecule is CCC(C)[C@H](C(=O)[O-])c1c(C)n(C(=O)c2ccc(OC(F)(F)F)cc2)c2ccc(O)cc12.